The molecule has 0 bridgehead atoms. The molecular formula is C10H11NO3. The average Bonchev–Trinajstić information content (AvgIpc) is 2.17. The number of hydrogen-bond donors (Lipinski definition) is 1. The zero-order chi connectivity index (χ0) is 9.97. The van der Waals surface area contributed by atoms with Crippen molar-refractivity contribution < 1.29 is 14.6 Å². The SMILES string of the molecule is O=C(O)Oc1cnc2c(c1)CCCC2. The Bertz CT molecular complexity index is 362. The second-order valence-electron chi connectivity index (χ2n) is 3.35. The normalized spacial score (nSPS) is 14.6. The monoisotopic (exact) mass is 193 g/mol. The van der Waals surface area contributed by atoms with Crippen LogP contribution < -0.4 is 4.74 Å². The van der Waals surface area contributed by atoms with Crippen molar-refractivity contribution in [3.05, 3.63) is 23.5 Å². The lowest BCUT2D eigenvalue weighted by Gasteiger charge is -2.14. The summed E-state index contributed by atoms with van der Waals surface area (Å²) in [4.78, 5) is 14.5. The quantitative estimate of drug-likeness (QED) is 0.693. The Kier molecular flexibility index (Phi) is 2.35. The molecule has 0 aliphatic heterocycles. The number of carboxylic acid groups (broad SMARTS) is 1. The molecule has 0 fully saturated rings. The Morgan fingerprint density at radius 1 is 1.43 bits per heavy atom. The first-order chi connectivity index (χ1) is 6.75. The third kappa shape index (κ3) is 1.84. The van der Waals surface area contributed by atoms with Crippen LogP contribution in [0.2, 0.25) is 0 Å². The maximum absolute atomic E-state index is 10.3. The Morgan fingerprint density at radius 2 is 2.21 bits per heavy atom. The molecule has 4 heteroatoms. The summed E-state index contributed by atoms with van der Waals surface area (Å²) < 4.78 is 4.53. The minimum absolute atomic E-state index is 0.318. The van der Waals surface area contributed by atoms with E-state index in [1.54, 1.807) is 6.07 Å². The van der Waals surface area contributed by atoms with Gasteiger partial charge in [0.2, 0.25) is 0 Å². The Balaban J connectivity index is 2.24. The van der Waals surface area contributed by atoms with E-state index >= 15 is 0 Å². The first-order valence-corrected chi connectivity index (χ1v) is 4.64. The van der Waals surface area contributed by atoms with Crippen LogP contribution in [0, 0.1) is 0 Å². The van der Waals surface area contributed by atoms with E-state index < -0.39 is 6.16 Å². The molecule has 0 saturated carbocycles. The molecule has 0 saturated heterocycles. The van der Waals surface area contributed by atoms with E-state index in [9.17, 15) is 4.79 Å². The molecule has 0 radical (unpaired) electrons. The van der Waals surface area contributed by atoms with Crippen LogP contribution in [0.4, 0.5) is 4.79 Å². The first kappa shape index (κ1) is 8.99. The van der Waals surface area contributed by atoms with Gasteiger partial charge in [0.05, 0.1) is 6.20 Å². The summed E-state index contributed by atoms with van der Waals surface area (Å²) in [6, 6.07) is 1.77. The van der Waals surface area contributed by atoms with Gasteiger partial charge in [-0.05, 0) is 37.3 Å². The van der Waals surface area contributed by atoms with Gasteiger partial charge >= 0.3 is 6.16 Å². The topological polar surface area (TPSA) is 59.4 Å². The second kappa shape index (κ2) is 3.65. The largest absolute Gasteiger partial charge is 0.511 e. The highest BCUT2D eigenvalue weighted by atomic mass is 16.7. The van der Waals surface area contributed by atoms with E-state index in [4.69, 9.17) is 5.11 Å². The van der Waals surface area contributed by atoms with Gasteiger partial charge in [-0.2, -0.15) is 0 Å². The molecule has 1 aliphatic carbocycles. The number of fused-ring (bicyclic) bond motifs is 1. The fourth-order valence-corrected chi connectivity index (χ4v) is 1.72. The van der Waals surface area contributed by atoms with Crippen molar-refractivity contribution in [2.24, 2.45) is 0 Å². The van der Waals surface area contributed by atoms with Gasteiger partial charge in [-0.1, -0.05) is 0 Å². The minimum Gasteiger partial charge on any atom is -0.449 e. The molecule has 0 amide bonds. The van der Waals surface area contributed by atoms with Crippen molar-refractivity contribution in [3.63, 3.8) is 0 Å². The molecule has 0 atom stereocenters. The molecule has 2 rings (SSSR count). The summed E-state index contributed by atoms with van der Waals surface area (Å²) in [6.45, 7) is 0. The number of aryl methyl sites for hydroxylation is 2. The summed E-state index contributed by atoms with van der Waals surface area (Å²) in [5.41, 5.74) is 2.20. The molecule has 74 valence electrons. The van der Waals surface area contributed by atoms with Crippen LogP contribution in [-0.4, -0.2) is 16.2 Å². The van der Waals surface area contributed by atoms with Crippen LogP contribution in [0.3, 0.4) is 0 Å². The van der Waals surface area contributed by atoms with E-state index in [0.717, 1.165) is 30.5 Å². The number of hydrogen-bond acceptors (Lipinski definition) is 3. The molecule has 1 aromatic heterocycles. The molecular weight excluding hydrogens is 182 g/mol. The van der Waals surface area contributed by atoms with Crippen molar-refractivity contribution >= 4 is 6.16 Å². The fraction of sp³-hybridized carbons (Fsp3) is 0.400. The van der Waals surface area contributed by atoms with Crippen LogP contribution >= 0.6 is 0 Å². The standard InChI is InChI=1S/C10H11NO3/c12-10(13)14-8-5-7-3-1-2-4-9(7)11-6-8/h5-6H,1-4H2,(H,12,13). The van der Waals surface area contributed by atoms with E-state index in [1.807, 2.05) is 0 Å². The number of carbonyl (C=O) groups is 1. The first-order valence-electron chi connectivity index (χ1n) is 4.64. The summed E-state index contributed by atoms with van der Waals surface area (Å²) in [5, 5.41) is 8.42. The third-order valence-corrected chi connectivity index (χ3v) is 2.35. The van der Waals surface area contributed by atoms with Gasteiger partial charge in [0, 0.05) is 5.69 Å². The van der Waals surface area contributed by atoms with Crippen LogP contribution in [0.15, 0.2) is 12.3 Å². The molecule has 1 aromatic rings. The summed E-state index contributed by atoms with van der Waals surface area (Å²) >= 11 is 0. The van der Waals surface area contributed by atoms with Gasteiger partial charge in [-0.3, -0.25) is 4.98 Å². The maximum atomic E-state index is 10.3. The molecule has 1 N–H and O–H groups in total. The number of ether oxygens (including phenoxy) is 1. The zero-order valence-electron chi connectivity index (χ0n) is 7.69. The van der Waals surface area contributed by atoms with Crippen LogP contribution in [0.1, 0.15) is 24.1 Å². The molecule has 0 spiro atoms. The summed E-state index contributed by atoms with van der Waals surface area (Å²) in [5.74, 6) is 0.318. The van der Waals surface area contributed by atoms with E-state index in [-0.39, 0.29) is 0 Å². The van der Waals surface area contributed by atoms with Crippen molar-refractivity contribution in [1.29, 1.82) is 0 Å². The highest BCUT2D eigenvalue weighted by molar-refractivity contribution is 5.61. The van der Waals surface area contributed by atoms with E-state index in [0.29, 0.717) is 5.75 Å². The molecule has 14 heavy (non-hydrogen) atoms. The van der Waals surface area contributed by atoms with Gasteiger partial charge in [-0.15, -0.1) is 0 Å². The van der Waals surface area contributed by atoms with Gasteiger partial charge in [0.15, 0.2) is 5.75 Å². The highest BCUT2D eigenvalue weighted by Crippen LogP contribution is 2.22. The zero-order valence-corrected chi connectivity index (χ0v) is 7.69. The maximum Gasteiger partial charge on any atom is 0.511 e. The van der Waals surface area contributed by atoms with E-state index in [2.05, 4.69) is 9.72 Å². The smallest absolute Gasteiger partial charge is 0.449 e. The molecule has 0 unspecified atom stereocenters. The highest BCUT2D eigenvalue weighted by Gasteiger charge is 2.12. The molecule has 4 nitrogen and oxygen atoms in total. The van der Waals surface area contributed by atoms with Crippen LogP contribution in [0.25, 0.3) is 0 Å². The molecule has 1 heterocycles. The third-order valence-electron chi connectivity index (χ3n) is 2.35. The van der Waals surface area contributed by atoms with Gasteiger partial charge in [0.25, 0.3) is 0 Å². The van der Waals surface area contributed by atoms with Crippen molar-refractivity contribution in [2.75, 3.05) is 0 Å². The Morgan fingerprint density at radius 3 is 3.00 bits per heavy atom. The lowest BCUT2D eigenvalue weighted by Crippen LogP contribution is -2.08. The molecule has 0 aromatic carbocycles. The number of aromatic nitrogens is 1. The van der Waals surface area contributed by atoms with E-state index in [1.165, 1.54) is 12.6 Å². The van der Waals surface area contributed by atoms with Gasteiger partial charge < -0.3 is 9.84 Å². The predicted molar refractivity (Wildman–Crippen MR) is 49.5 cm³/mol. The van der Waals surface area contributed by atoms with Crippen molar-refractivity contribution in [1.82, 2.24) is 4.98 Å². The number of nitrogens with zero attached hydrogens (tertiary/aromatic N) is 1. The number of pyridine rings is 1. The second-order valence-corrected chi connectivity index (χ2v) is 3.35. The van der Waals surface area contributed by atoms with Crippen LogP contribution in [0.5, 0.6) is 5.75 Å². The summed E-state index contributed by atoms with van der Waals surface area (Å²) in [6.07, 6.45) is 4.45. The lowest BCUT2D eigenvalue weighted by atomic mass is 9.96. The predicted octanol–water partition coefficient (Wildman–Crippen LogP) is 2.02. The average molecular weight is 193 g/mol. The Hall–Kier alpha value is -1.58. The van der Waals surface area contributed by atoms with Gasteiger partial charge in [-0.25, -0.2) is 4.79 Å². The van der Waals surface area contributed by atoms with Crippen molar-refractivity contribution in [2.45, 2.75) is 25.7 Å². The van der Waals surface area contributed by atoms with Gasteiger partial charge in [0.1, 0.15) is 0 Å². The van der Waals surface area contributed by atoms with Crippen molar-refractivity contribution in [3.8, 4) is 5.75 Å². The Labute approximate surface area is 81.5 Å². The lowest BCUT2D eigenvalue weighted by molar-refractivity contribution is 0.144. The minimum atomic E-state index is -1.29. The van der Waals surface area contributed by atoms with Crippen LogP contribution in [-0.2, 0) is 12.8 Å². The summed E-state index contributed by atoms with van der Waals surface area (Å²) in [7, 11) is 0. The fourth-order valence-electron chi connectivity index (χ4n) is 1.72. The number of rotatable bonds is 1. The molecule has 1 aliphatic rings.